The molecule has 2 aliphatic rings. The summed E-state index contributed by atoms with van der Waals surface area (Å²) in [6.45, 7) is 2.15. The highest BCUT2D eigenvalue weighted by Crippen LogP contribution is 2.41. The average Bonchev–Trinajstić information content (AvgIpc) is 2.94. The van der Waals surface area contributed by atoms with Crippen molar-refractivity contribution >= 4 is 21.9 Å². The summed E-state index contributed by atoms with van der Waals surface area (Å²) in [6.07, 6.45) is 1.62. The van der Waals surface area contributed by atoms with Crippen LogP contribution in [-0.2, 0) is 30.9 Å². The SMILES string of the molecule is COc1ccc(CNC(=O)C2=C(C)C(=O)OC23CCN(S(C)(=O)=O)CC3)cc1OC. The minimum Gasteiger partial charge on any atom is -0.493 e. The second kappa shape index (κ2) is 8.27. The van der Waals surface area contributed by atoms with Crippen molar-refractivity contribution in [2.24, 2.45) is 0 Å². The molecule has 0 unspecified atom stereocenters. The molecular formula is C20H26N2O7S. The van der Waals surface area contributed by atoms with Crippen LogP contribution < -0.4 is 14.8 Å². The first kappa shape index (κ1) is 22.1. The molecule has 2 heterocycles. The van der Waals surface area contributed by atoms with Gasteiger partial charge in [0.1, 0.15) is 5.60 Å². The Morgan fingerprint density at radius 1 is 1.20 bits per heavy atom. The van der Waals surface area contributed by atoms with Crippen LogP contribution in [0.25, 0.3) is 0 Å². The van der Waals surface area contributed by atoms with Gasteiger partial charge in [0.2, 0.25) is 10.0 Å². The number of hydrogen-bond acceptors (Lipinski definition) is 7. The summed E-state index contributed by atoms with van der Waals surface area (Å²) in [7, 11) is -0.269. The smallest absolute Gasteiger partial charge is 0.335 e. The van der Waals surface area contributed by atoms with E-state index in [4.69, 9.17) is 14.2 Å². The van der Waals surface area contributed by atoms with E-state index in [1.807, 2.05) is 0 Å². The maximum Gasteiger partial charge on any atom is 0.335 e. The molecule has 1 aromatic carbocycles. The lowest BCUT2D eigenvalue weighted by molar-refractivity contribution is -0.150. The molecule has 9 nitrogen and oxygen atoms in total. The summed E-state index contributed by atoms with van der Waals surface area (Å²) >= 11 is 0. The first-order valence-corrected chi connectivity index (χ1v) is 11.3. The van der Waals surface area contributed by atoms with Gasteiger partial charge in [-0.1, -0.05) is 6.07 Å². The predicted molar refractivity (Wildman–Crippen MR) is 109 cm³/mol. The van der Waals surface area contributed by atoms with Crippen molar-refractivity contribution in [3.8, 4) is 11.5 Å². The molecule has 1 aromatic rings. The standard InChI is InChI=1S/C20H26N2O7S/c1-13-17(18(23)21-12-14-5-6-15(27-2)16(11-14)28-3)20(29-19(13)24)7-9-22(10-8-20)30(4,25)26/h5-6,11H,7-10,12H2,1-4H3,(H,21,23). The van der Waals surface area contributed by atoms with E-state index in [9.17, 15) is 18.0 Å². The lowest BCUT2D eigenvalue weighted by Gasteiger charge is -2.38. The number of sulfonamides is 1. The zero-order chi connectivity index (χ0) is 22.1. The summed E-state index contributed by atoms with van der Waals surface area (Å²) in [5.74, 6) is 0.182. The Balaban J connectivity index is 1.76. The predicted octanol–water partition coefficient (Wildman–Crippen LogP) is 0.988. The van der Waals surface area contributed by atoms with Gasteiger partial charge in [0.05, 0.1) is 26.0 Å². The molecule has 0 aliphatic carbocycles. The summed E-state index contributed by atoms with van der Waals surface area (Å²) < 4.78 is 41.0. The van der Waals surface area contributed by atoms with Crippen molar-refractivity contribution in [2.75, 3.05) is 33.6 Å². The van der Waals surface area contributed by atoms with E-state index in [1.165, 1.54) is 11.4 Å². The van der Waals surface area contributed by atoms with E-state index >= 15 is 0 Å². The Morgan fingerprint density at radius 2 is 1.83 bits per heavy atom. The molecule has 3 rings (SSSR count). The van der Waals surface area contributed by atoms with E-state index in [2.05, 4.69) is 5.32 Å². The van der Waals surface area contributed by atoms with Crippen molar-refractivity contribution in [3.63, 3.8) is 0 Å². The molecule has 1 saturated heterocycles. The third-order valence-electron chi connectivity index (χ3n) is 5.55. The van der Waals surface area contributed by atoms with Crippen LogP contribution in [0.4, 0.5) is 0 Å². The quantitative estimate of drug-likeness (QED) is 0.659. The highest BCUT2D eigenvalue weighted by molar-refractivity contribution is 7.88. The third-order valence-corrected chi connectivity index (χ3v) is 6.86. The number of hydrogen-bond donors (Lipinski definition) is 1. The largest absolute Gasteiger partial charge is 0.493 e. The second-order valence-electron chi connectivity index (χ2n) is 7.42. The van der Waals surface area contributed by atoms with Crippen LogP contribution in [0.2, 0.25) is 0 Å². The molecule has 1 spiro atoms. The van der Waals surface area contributed by atoms with Crippen molar-refractivity contribution in [2.45, 2.75) is 31.9 Å². The number of nitrogens with zero attached hydrogens (tertiary/aromatic N) is 1. The van der Waals surface area contributed by atoms with Crippen LogP contribution in [0.3, 0.4) is 0 Å². The Bertz CT molecular complexity index is 992. The first-order valence-electron chi connectivity index (χ1n) is 9.50. The van der Waals surface area contributed by atoms with Crippen LogP contribution in [0.1, 0.15) is 25.3 Å². The Hall–Kier alpha value is -2.59. The molecule has 30 heavy (non-hydrogen) atoms. The highest BCUT2D eigenvalue weighted by atomic mass is 32.2. The molecule has 0 bridgehead atoms. The molecule has 0 radical (unpaired) electrons. The monoisotopic (exact) mass is 438 g/mol. The van der Waals surface area contributed by atoms with Crippen molar-refractivity contribution in [1.82, 2.24) is 9.62 Å². The van der Waals surface area contributed by atoms with Gasteiger partial charge < -0.3 is 19.5 Å². The summed E-state index contributed by atoms with van der Waals surface area (Å²) in [6, 6.07) is 5.31. The van der Waals surface area contributed by atoms with Crippen LogP contribution >= 0.6 is 0 Å². The number of benzene rings is 1. The fourth-order valence-corrected chi connectivity index (χ4v) is 4.76. The maximum absolute atomic E-state index is 13.0. The zero-order valence-electron chi connectivity index (χ0n) is 17.5. The summed E-state index contributed by atoms with van der Waals surface area (Å²) in [4.78, 5) is 25.3. The molecule has 10 heteroatoms. The van der Waals surface area contributed by atoms with E-state index in [0.717, 1.165) is 11.8 Å². The number of esters is 1. The number of amides is 1. The van der Waals surface area contributed by atoms with Crippen LogP contribution in [0.5, 0.6) is 11.5 Å². The van der Waals surface area contributed by atoms with E-state index in [0.29, 0.717) is 11.5 Å². The Labute approximate surface area is 176 Å². The molecule has 0 saturated carbocycles. The van der Waals surface area contributed by atoms with E-state index in [1.54, 1.807) is 32.2 Å². The molecule has 1 fully saturated rings. The number of ether oxygens (including phenoxy) is 3. The van der Waals surface area contributed by atoms with Crippen molar-refractivity contribution in [1.29, 1.82) is 0 Å². The fraction of sp³-hybridized carbons (Fsp3) is 0.500. The third kappa shape index (κ3) is 4.15. The van der Waals surface area contributed by atoms with Crippen LogP contribution in [0, 0.1) is 0 Å². The molecule has 1 N–H and O–H groups in total. The van der Waals surface area contributed by atoms with Gasteiger partial charge >= 0.3 is 5.97 Å². The maximum atomic E-state index is 13.0. The average molecular weight is 439 g/mol. The number of carbonyl (C=O) groups excluding carboxylic acids is 2. The van der Waals surface area contributed by atoms with Gasteiger partial charge in [-0.3, -0.25) is 4.79 Å². The molecule has 1 amide bonds. The van der Waals surface area contributed by atoms with Crippen LogP contribution in [0.15, 0.2) is 29.3 Å². The minimum atomic E-state index is -3.34. The molecule has 0 aromatic heterocycles. The van der Waals surface area contributed by atoms with Gasteiger partial charge in [0, 0.05) is 38.0 Å². The highest BCUT2D eigenvalue weighted by Gasteiger charge is 2.51. The summed E-state index contributed by atoms with van der Waals surface area (Å²) in [5.41, 5.74) is 0.239. The zero-order valence-corrected chi connectivity index (χ0v) is 18.3. The van der Waals surface area contributed by atoms with Gasteiger partial charge in [0.25, 0.3) is 5.91 Å². The number of nitrogens with one attached hydrogen (secondary N) is 1. The lowest BCUT2D eigenvalue weighted by Crippen LogP contribution is -2.50. The first-order chi connectivity index (χ1) is 14.1. The Kier molecular flexibility index (Phi) is 6.09. The van der Waals surface area contributed by atoms with Crippen molar-refractivity contribution in [3.05, 3.63) is 34.9 Å². The van der Waals surface area contributed by atoms with Crippen molar-refractivity contribution < 1.29 is 32.2 Å². The molecule has 2 aliphatic heterocycles. The van der Waals surface area contributed by atoms with Gasteiger partial charge in [-0.2, -0.15) is 0 Å². The minimum absolute atomic E-state index is 0.186. The summed E-state index contributed by atoms with van der Waals surface area (Å²) in [5, 5.41) is 2.84. The van der Waals surface area contributed by atoms with E-state index in [-0.39, 0.29) is 43.6 Å². The number of rotatable bonds is 6. The van der Waals surface area contributed by atoms with Gasteiger partial charge in [-0.15, -0.1) is 0 Å². The molecule has 164 valence electrons. The lowest BCUT2D eigenvalue weighted by atomic mass is 9.83. The number of carbonyl (C=O) groups is 2. The fourth-order valence-electron chi connectivity index (χ4n) is 3.92. The van der Waals surface area contributed by atoms with E-state index < -0.39 is 27.5 Å². The van der Waals surface area contributed by atoms with Gasteiger partial charge in [0.15, 0.2) is 11.5 Å². The van der Waals surface area contributed by atoms with Gasteiger partial charge in [-0.05, 0) is 24.6 Å². The number of methoxy groups -OCH3 is 2. The number of piperidine rings is 1. The second-order valence-corrected chi connectivity index (χ2v) is 9.40. The Morgan fingerprint density at radius 3 is 2.40 bits per heavy atom. The molecule has 0 atom stereocenters. The van der Waals surface area contributed by atoms with Gasteiger partial charge in [-0.25, -0.2) is 17.5 Å². The van der Waals surface area contributed by atoms with Crippen LogP contribution in [-0.4, -0.2) is 63.8 Å². The molecular weight excluding hydrogens is 412 g/mol. The normalized spacial score (nSPS) is 19.0. The topological polar surface area (TPSA) is 111 Å².